The number of carbonyl (C=O) groups excluding carboxylic acids is 1. The number of benzene rings is 2. The molecule has 0 saturated heterocycles. The molecule has 0 fully saturated rings. The highest BCUT2D eigenvalue weighted by Gasteiger charge is 2.15. The van der Waals surface area contributed by atoms with E-state index >= 15 is 0 Å². The molecule has 1 N–H and O–H groups in total. The van der Waals surface area contributed by atoms with E-state index < -0.39 is 0 Å². The average Bonchev–Trinajstić information content (AvgIpc) is 3.17. The first-order valence-corrected chi connectivity index (χ1v) is 9.48. The number of fused-ring (bicyclic) bond motifs is 1. The van der Waals surface area contributed by atoms with Gasteiger partial charge < -0.3 is 0 Å². The molecule has 27 heavy (non-hydrogen) atoms. The molecule has 0 aliphatic rings. The van der Waals surface area contributed by atoms with Gasteiger partial charge in [0.15, 0.2) is 0 Å². The van der Waals surface area contributed by atoms with Crippen LogP contribution in [-0.4, -0.2) is 15.8 Å². The largest absolute Gasteiger partial charge is 0.304 e. The van der Waals surface area contributed by atoms with Crippen LogP contribution >= 0.6 is 22.9 Å². The molecule has 0 radical (unpaired) electrons. The molecule has 0 aliphatic heterocycles. The maximum atomic E-state index is 12.7. The molecule has 0 unspecified atom stereocenters. The molecule has 4 aromatic rings. The first kappa shape index (κ1) is 17.5. The van der Waals surface area contributed by atoms with E-state index in [-0.39, 0.29) is 17.9 Å². The van der Waals surface area contributed by atoms with Crippen LogP contribution in [-0.2, 0) is 11.2 Å². The fourth-order valence-corrected chi connectivity index (χ4v) is 3.73. The molecule has 0 atom stereocenters. The predicted octanol–water partition coefficient (Wildman–Crippen LogP) is 4.09. The molecular weight excluding hydrogens is 382 g/mol. The Hall–Kier alpha value is -2.96. The van der Waals surface area contributed by atoms with Gasteiger partial charge in [-0.2, -0.15) is 0 Å². The van der Waals surface area contributed by atoms with Crippen LogP contribution in [0, 0.1) is 0 Å². The Morgan fingerprint density at radius 1 is 1.07 bits per heavy atom. The standard InChI is InChI=1S/C20H14ClN3O2S/c21-15-8-6-13(7-9-15)12-17(25)22-24-20(26)19-16(10-11-27-19)18(23-24)14-4-2-1-3-5-14/h1-11H,12H2,(H,22,25). The van der Waals surface area contributed by atoms with Crippen molar-refractivity contribution < 1.29 is 4.79 Å². The normalized spacial score (nSPS) is 10.9. The van der Waals surface area contributed by atoms with Gasteiger partial charge in [0.25, 0.3) is 0 Å². The number of amides is 1. The third-order valence-corrected chi connectivity index (χ3v) is 5.22. The number of thiophene rings is 1. The average molecular weight is 396 g/mol. The van der Waals surface area contributed by atoms with Crippen molar-refractivity contribution >= 4 is 38.9 Å². The molecule has 0 aliphatic carbocycles. The first-order valence-electron chi connectivity index (χ1n) is 8.22. The van der Waals surface area contributed by atoms with Gasteiger partial charge in [-0.3, -0.25) is 9.59 Å². The van der Waals surface area contributed by atoms with Crippen LogP contribution < -0.4 is 11.0 Å². The Bertz CT molecular complexity index is 1170. The fourth-order valence-electron chi connectivity index (χ4n) is 2.79. The van der Waals surface area contributed by atoms with Crippen LogP contribution in [0.25, 0.3) is 21.3 Å². The van der Waals surface area contributed by atoms with Gasteiger partial charge in [-0.05, 0) is 29.1 Å². The molecule has 0 spiro atoms. The molecule has 1 amide bonds. The van der Waals surface area contributed by atoms with Gasteiger partial charge >= 0.3 is 5.56 Å². The third kappa shape index (κ3) is 3.63. The Morgan fingerprint density at radius 3 is 2.56 bits per heavy atom. The summed E-state index contributed by atoms with van der Waals surface area (Å²) in [5, 5.41) is 7.63. The monoisotopic (exact) mass is 395 g/mol. The Kier molecular flexibility index (Phi) is 4.75. The van der Waals surface area contributed by atoms with Crippen molar-refractivity contribution in [3.63, 3.8) is 0 Å². The zero-order valence-electron chi connectivity index (χ0n) is 14.1. The van der Waals surface area contributed by atoms with E-state index in [0.29, 0.717) is 15.4 Å². The van der Waals surface area contributed by atoms with E-state index in [1.54, 1.807) is 24.3 Å². The predicted molar refractivity (Wildman–Crippen MR) is 109 cm³/mol. The number of nitrogens with one attached hydrogen (secondary N) is 1. The molecular formula is C20H14ClN3O2S. The smallest absolute Gasteiger partial charge is 0.273 e. The summed E-state index contributed by atoms with van der Waals surface area (Å²) in [4.78, 5) is 26.1. The van der Waals surface area contributed by atoms with Crippen LogP contribution in [0.5, 0.6) is 0 Å². The Morgan fingerprint density at radius 2 is 1.81 bits per heavy atom. The van der Waals surface area contributed by atoms with Gasteiger partial charge in [0, 0.05) is 16.0 Å². The van der Waals surface area contributed by atoms with Crippen LogP contribution in [0.1, 0.15) is 5.56 Å². The molecule has 7 heteroatoms. The molecule has 2 aromatic carbocycles. The second-order valence-corrected chi connectivity index (χ2v) is 7.29. The highest BCUT2D eigenvalue weighted by Crippen LogP contribution is 2.27. The van der Waals surface area contributed by atoms with E-state index in [1.807, 2.05) is 41.8 Å². The van der Waals surface area contributed by atoms with Gasteiger partial charge in [0.1, 0.15) is 10.4 Å². The zero-order chi connectivity index (χ0) is 18.8. The van der Waals surface area contributed by atoms with Crippen molar-refractivity contribution in [2.24, 2.45) is 0 Å². The molecule has 0 bridgehead atoms. The number of aromatic nitrogens is 2. The van der Waals surface area contributed by atoms with Crippen molar-refractivity contribution in [3.8, 4) is 11.3 Å². The summed E-state index contributed by atoms with van der Waals surface area (Å²) in [5.74, 6) is -0.332. The second kappa shape index (κ2) is 7.34. The summed E-state index contributed by atoms with van der Waals surface area (Å²) in [5.41, 5.74) is 4.57. The number of halogens is 1. The number of rotatable bonds is 4. The summed E-state index contributed by atoms with van der Waals surface area (Å²) in [7, 11) is 0. The van der Waals surface area contributed by atoms with E-state index in [4.69, 9.17) is 11.6 Å². The van der Waals surface area contributed by atoms with Gasteiger partial charge in [-0.1, -0.05) is 54.1 Å². The van der Waals surface area contributed by atoms with Crippen LogP contribution in [0.2, 0.25) is 5.02 Å². The van der Waals surface area contributed by atoms with Crippen LogP contribution in [0.15, 0.2) is 70.8 Å². The fraction of sp³-hybridized carbons (Fsp3) is 0.0500. The summed E-state index contributed by atoms with van der Waals surface area (Å²) >= 11 is 7.19. The Balaban J connectivity index is 1.69. The van der Waals surface area contributed by atoms with Crippen molar-refractivity contribution in [2.45, 2.75) is 6.42 Å². The van der Waals surface area contributed by atoms with Crippen molar-refractivity contribution in [3.05, 3.63) is 87.0 Å². The first-order chi connectivity index (χ1) is 13.1. The lowest BCUT2D eigenvalue weighted by molar-refractivity contribution is -0.116. The lowest BCUT2D eigenvalue weighted by Crippen LogP contribution is -2.36. The topological polar surface area (TPSA) is 64.0 Å². The Labute approximate surface area is 163 Å². The summed E-state index contributed by atoms with van der Waals surface area (Å²) in [6, 6.07) is 18.4. The third-order valence-electron chi connectivity index (χ3n) is 4.06. The number of carbonyl (C=O) groups is 1. The maximum Gasteiger partial charge on any atom is 0.304 e. The van der Waals surface area contributed by atoms with Crippen molar-refractivity contribution in [2.75, 3.05) is 5.43 Å². The SMILES string of the molecule is O=C(Cc1ccc(Cl)cc1)Nn1nc(-c2ccccc2)c2ccsc2c1=O. The number of hydrogen-bond donors (Lipinski definition) is 1. The minimum atomic E-state index is -0.343. The molecule has 0 saturated carbocycles. The van der Waals surface area contributed by atoms with Crippen molar-refractivity contribution in [1.82, 2.24) is 9.89 Å². The molecule has 4 rings (SSSR count). The van der Waals surface area contributed by atoms with Crippen LogP contribution in [0.3, 0.4) is 0 Å². The molecule has 2 aromatic heterocycles. The summed E-state index contributed by atoms with van der Waals surface area (Å²) in [6.07, 6.45) is 0.119. The molecule has 2 heterocycles. The van der Waals surface area contributed by atoms with Gasteiger partial charge in [-0.15, -0.1) is 21.2 Å². The highest BCUT2D eigenvalue weighted by molar-refractivity contribution is 7.17. The van der Waals surface area contributed by atoms with Crippen molar-refractivity contribution in [1.29, 1.82) is 0 Å². The van der Waals surface area contributed by atoms with Gasteiger partial charge in [0.05, 0.1) is 6.42 Å². The zero-order valence-corrected chi connectivity index (χ0v) is 15.6. The summed E-state index contributed by atoms with van der Waals surface area (Å²) in [6.45, 7) is 0. The van der Waals surface area contributed by atoms with E-state index in [9.17, 15) is 9.59 Å². The van der Waals surface area contributed by atoms with Gasteiger partial charge in [-0.25, -0.2) is 5.43 Å². The number of nitrogens with zero attached hydrogens (tertiary/aromatic N) is 2. The lowest BCUT2D eigenvalue weighted by atomic mass is 10.1. The summed E-state index contributed by atoms with van der Waals surface area (Å²) < 4.78 is 0.552. The highest BCUT2D eigenvalue weighted by atomic mass is 35.5. The van der Waals surface area contributed by atoms with E-state index in [1.165, 1.54) is 11.3 Å². The maximum absolute atomic E-state index is 12.7. The molecule has 134 valence electrons. The van der Waals surface area contributed by atoms with Gasteiger partial charge in [0.2, 0.25) is 5.91 Å². The number of hydrogen-bond acceptors (Lipinski definition) is 4. The minimum absolute atomic E-state index is 0.119. The minimum Gasteiger partial charge on any atom is -0.273 e. The second-order valence-electron chi connectivity index (χ2n) is 5.93. The molecule has 5 nitrogen and oxygen atoms in total. The quantitative estimate of drug-likeness (QED) is 0.566. The van der Waals surface area contributed by atoms with E-state index in [0.717, 1.165) is 21.3 Å². The lowest BCUT2D eigenvalue weighted by Gasteiger charge is -2.10. The van der Waals surface area contributed by atoms with Crippen LogP contribution in [0.4, 0.5) is 0 Å². The van der Waals surface area contributed by atoms with E-state index in [2.05, 4.69) is 10.5 Å².